The molecule has 0 saturated heterocycles. The number of nitrogens with zero attached hydrogens (tertiary/aromatic N) is 2. The lowest BCUT2D eigenvalue weighted by Crippen LogP contribution is -2.39. The Kier molecular flexibility index (Phi) is 8.56. The summed E-state index contributed by atoms with van der Waals surface area (Å²) in [6.45, 7) is 5.84. The standard InChI is InChI=1S/C32H29BrN2O5S/c1-5-39-31(37)26-27(21-12-8-6-9-13-21)34-32-35(28(26)22-14-10-7-11-15-22)30(36)25(41-32)18-20-16-23(33)29(40-19(2)3)24(17-20)38-4/h6-19,28H,5H2,1-4H3/b25-18-/t28-/m1/s1. The molecule has 4 aromatic rings. The highest BCUT2D eigenvalue weighted by atomic mass is 79.9. The number of rotatable bonds is 8. The molecule has 0 fully saturated rings. The molecule has 7 nitrogen and oxygen atoms in total. The monoisotopic (exact) mass is 632 g/mol. The summed E-state index contributed by atoms with van der Waals surface area (Å²) in [7, 11) is 1.58. The molecule has 1 aromatic heterocycles. The minimum absolute atomic E-state index is 0.0415. The number of thiazole rings is 1. The Hall–Kier alpha value is -3.95. The number of hydrogen-bond acceptors (Lipinski definition) is 7. The van der Waals surface area contributed by atoms with Gasteiger partial charge in [0.25, 0.3) is 5.56 Å². The summed E-state index contributed by atoms with van der Waals surface area (Å²) in [5, 5.41) is 0. The molecular weight excluding hydrogens is 604 g/mol. The van der Waals surface area contributed by atoms with Crippen molar-refractivity contribution in [2.24, 2.45) is 4.99 Å². The number of halogens is 1. The fraction of sp³-hybridized carbons (Fsp3) is 0.219. The third-order valence-corrected chi connectivity index (χ3v) is 7.96. The second kappa shape index (κ2) is 12.3. The fourth-order valence-corrected chi connectivity index (χ4v) is 6.27. The van der Waals surface area contributed by atoms with Gasteiger partial charge in [0, 0.05) is 5.56 Å². The molecule has 3 aromatic carbocycles. The maximum atomic E-state index is 14.1. The molecule has 9 heteroatoms. The van der Waals surface area contributed by atoms with Gasteiger partial charge in [-0.15, -0.1) is 0 Å². The van der Waals surface area contributed by atoms with Crippen LogP contribution in [0.3, 0.4) is 0 Å². The molecule has 0 saturated carbocycles. The molecule has 41 heavy (non-hydrogen) atoms. The van der Waals surface area contributed by atoms with E-state index in [1.165, 1.54) is 11.3 Å². The Morgan fingerprint density at radius 1 is 1.10 bits per heavy atom. The van der Waals surface area contributed by atoms with Crippen LogP contribution in [0.1, 0.15) is 43.5 Å². The van der Waals surface area contributed by atoms with Crippen LogP contribution in [-0.4, -0.2) is 30.4 Å². The van der Waals surface area contributed by atoms with Gasteiger partial charge in [-0.3, -0.25) is 9.36 Å². The highest BCUT2D eigenvalue weighted by Gasteiger charge is 2.35. The number of esters is 1. The number of fused-ring (bicyclic) bond motifs is 1. The van der Waals surface area contributed by atoms with Gasteiger partial charge in [-0.2, -0.15) is 0 Å². The highest BCUT2D eigenvalue weighted by molar-refractivity contribution is 9.10. The first-order valence-electron chi connectivity index (χ1n) is 13.2. The molecule has 0 N–H and O–H groups in total. The molecule has 1 aliphatic heterocycles. The summed E-state index contributed by atoms with van der Waals surface area (Å²) in [5.41, 5.74) is 2.86. The molecule has 0 spiro atoms. The molecule has 0 amide bonds. The first-order chi connectivity index (χ1) is 19.8. The Balaban J connectivity index is 1.76. The van der Waals surface area contributed by atoms with Gasteiger partial charge in [0.05, 0.1) is 46.1 Å². The number of carbonyl (C=O) groups excluding carboxylic acids is 1. The van der Waals surface area contributed by atoms with E-state index in [1.54, 1.807) is 24.7 Å². The van der Waals surface area contributed by atoms with Crippen molar-refractivity contribution in [2.45, 2.75) is 32.9 Å². The number of benzene rings is 3. The Morgan fingerprint density at radius 2 is 1.78 bits per heavy atom. The lowest BCUT2D eigenvalue weighted by atomic mass is 9.93. The van der Waals surface area contributed by atoms with Crippen LogP contribution in [0.2, 0.25) is 0 Å². The van der Waals surface area contributed by atoms with E-state index in [9.17, 15) is 9.59 Å². The Bertz CT molecular complexity index is 1790. The average Bonchev–Trinajstić information content (AvgIpc) is 3.28. The number of methoxy groups -OCH3 is 1. The zero-order valence-electron chi connectivity index (χ0n) is 23.1. The van der Waals surface area contributed by atoms with Gasteiger partial charge in [-0.25, -0.2) is 9.79 Å². The van der Waals surface area contributed by atoms with Gasteiger partial charge in [-0.05, 0) is 66.0 Å². The predicted octanol–water partition coefficient (Wildman–Crippen LogP) is 5.49. The summed E-state index contributed by atoms with van der Waals surface area (Å²) < 4.78 is 19.8. The zero-order chi connectivity index (χ0) is 29.1. The van der Waals surface area contributed by atoms with Crippen LogP contribution in [0, 0.1) is 0 Å². The van der Waals surface area contributed by atoms with Gasteiger partial charge in [0.1, 0.15) is 0 Å². The average molecular weight is 634 g/mol. The molecular formula is C32H29BrN2O5S. The van der Waals surface area contributed by atoms with E-state index in [2.05, 4.69) is 15.9 Å². The molecule has 5 rings (SSSR count). The molecule has 2 heterocycles. The van der Waals surface area contributed by atoms with Crippen molar-refractivity contribution in [3.05, 3.63) is 119 Å². The maximum absolute atomic E-state index is 14.1. The minimum atomic E-state index is -0.716. The quantitative estimate of drug-likeness (QED) is 0.240. The van der Waals surface area contributed by atoms with E-state index >= 15 is 0 Å². The Morgan fingerprint density at radius 3 is 2.41 bits per heavy atom. The lowest BCUT2D eigenvalue weighted by molar-refractivity contribution is -0.138. The van der Waals surface area contributed by atoms with Crippen molar-refractivity contribution in [1.29, 1.82) is 0 Å². The van der Waals surface area contributed by atoms with E-state index in [0.717, 1.165) is 16.7 Å². The molecule has 0 bridgehead atoms. The minimum Gasteiger partial charge on any atom is -0.493 e. The highest BCUT2D eigenvalue weighted by Crippen LogP contribution is 2.38. The van der Waals surface area contributed by atoms with Crippen molar-refractivity contribution >= 4 is 45.0 Å². The molecule has 0 radical (unpaired) electrons. The van der Waals surface area contributed by atoms with Gasteiger partial charge in [0.2, 0.25) is 0 Å². The fourth-order valence-electron chi connectivity index (χ4n) is 4.72. The number of ether oxygens (including phenoxy) is 3. The largest absolute Gasteiger partial charge is 0.493 e. The van der Waals surface area contributed by atoms with E-state index in [0.29, 0.717) is 36.6 Å². The van der Waals surface area contributed by atoms with Crippen LogP contribution in [0.4, 0.5) is 0 Å². The van der Waals surface area contributed by atoms with E-state index in [-0.39, 0.29) is 18.3 Å². The van der Waals surface area contributed by atoms with Crippen molar-refractivity contribution in [1.82, 2.24) is 4.57 Å². The molecule has 1 aliphatic rings. The van der Waals surface area contributed by atoms with Crippen LogP contribution in [0.15, 0.2) is 92.6 Å². The van der Waals surface area contributed by atoms with Crippen LogP contribution in [-0.2, 0) is 9.53 Å². The van der Waals surface area contributed by atoms with E-state index in [1.807, 2.05) is 86.6 Å². The van der Waals surface area contributed by atoms with Crippen LogP contribution in [0.25, 0.3) is 11.8 Å². The van der Waals surface area contributed by atoms with Crippen LogP contribution >= 0.6 is 27.3 Å². The SMILES string of the molecule is CCOC(=O)C1=C(c2ccccc2)N=c2s/c(=C\c3cc(Br)c(OC(C)C)c(OC)c3)c(=O)n2[C@@H]1c1ccccc1. The molecule has 210 valence electrons. The molecule has 0 aliphatic carbocycles. The lowest BCUT2D eigenvalue weighted by Gasteiger charge is -2.25. The van der Waals surface area contributed by atoms with Gasteiger partial charge in [-0.1, -0.05) is 72.0 Å². The first-order valence-corrected chi connectivity index (χ1v) is 14.8. The summed E-state index contributed by atoms with van der Waals surface area (Å²) in [5.74, 6) is 0.634. The van der Waals surface area contributed by atoms with Crippen LogP contribution in [0.5, 0.6) is 11.5 Å². The molecule has 1 atom stereocenters. The summed E-state index contributed by atoms with van der Waals surface area (Å²) in [6, 6.07) is 22.0. The van der Waals surface area contributed by atoms with Gasteiger partial charge in [0.15, 0.2) is 16.3 Å². The first kappa shape index (κ1) is 28.6. The number of hydrogen-bond donors (Lipinski definition) is 0. The third-order valence-electron chi connectivity index (χ3n) is 6.39. The molecule has 0 unspecified atom stereocenters. The number of aromatic nitrogens is 1. The summed E-state index contributed by atoms with van der Waals surface area (Å²) in [6.07, 6.45) is 1.76. The van der Waals surface area contributed by atoms with Crippen molar-refractivity contribution in [3.63, 3.8) is 0 Å². The topological polar surface area (TPSA) is 79.1 Å². The summed E-state index contributed by atoms with van der Waals surface area (Å²) >= 11 is 4.86. The Labute approximate surface area is 250 Å². The smallest absolute Gasteiger partial charge is 0.338 e. The summed E-state index contributed by atoms with van der Waals surface area (Å²) in [4.78, 5) is 32.9. The van der Waals surface area contributed by atoms with Gasteiger partial charge < -0.3 is 14.2 Å². The predicted molar refractivity (Wildman–Crippen MR) is 164 cm³/mol. The van der Waals surface area contributed by atoms with E-state index in [4.69, 9.17) is 19.2 Å². The second-order valence-corrected chi connectivity index (χ2v) is 11.4. The maximum Gasteiger partial charge on any atom is 0.338 e. The van der Waals surface area contributed by atoms with Crippen molar-refractivity contribution in [3.8, 4) is 11.5 Å². The zero-order valence-corrected chi connectivity index (χ0v) is 25.5. The van der Waals surface area contributed by atoms with Crippen molar-refractivity contribution < 1.29 is 19.0 Å². The third kappa shape index (κ3) is 5.78. The normalized spacial score (nSPS) is 15.0. The van der Waals surface area contributed by atoms with Gasteiger partial charge >= 0.3 is 5.97 Å². The van der Waals surface area contributed by atoms with E-state index < -0.39 is 12.0 Å². The van der Waals surface area contributed by atoms with Crippen molar-refractivity contribution in [2.75, 3.05) is 13.7 Å². The van der Waals surface area contributed by atoms with Crippen LogP contribution < -0.4 is 24.4 Å². The number of carbonyl (C=O) groups is 1. The second-order valence-electron chi connectivity index (χ2n) is 9.54.